The van der Waals surface area contributed by atoms with Crippen molar-refractivity contribution in [1.29, 1.82) is 0 Å². The number of carbonyl (C=O) groups excluding carboxylic acids is 1. The quantitative estimate of drug-likeness (QED) is 0.679. The lowest BCUT2D eigenvalue weighted by molar-refractivity contribution is -0.133. The molecule has 0 heterocycles. The number of ketones is 1. The van der Waals surface area contributed by atoms with Crippen LogP contribution >= 0.6 is 0 Å². The third-order valence-electron chi connectivity index (χ3n) is 4.28. The first kappa shape index (κ1) is 12.7. The minimum atomic E-state index is -0.0969. The second kappa shape index (κ2) is 5.14. The van der Waals surface area contributed by atoms with Crippen molar-refractivity contribution in [3.05, 3.63) is 0 Å². The van der Waals surface area contributed by atoms with Crippen molar-refractivity contribution < 1.29 is 4.79 Å². The molecule has 0 bridgehead atoms. The lowest BCUT2D eigenvalue weighted by Gasteiger charge is -2.33. The summed E-state index contributed by atoms with van der Waals surface area (Å²) in [5.41, 5.74) is -0.0969. The Morgan fingerprint density at radius 3 is 2.47 bits per heavy atom. The van der Waals surface area contributed by atoms with Gasteiger partial charge in [0, 0.05) is 11.3 Å². The molecule has 0 N–H and O–H groups in total. The van der Waals surface area contributed by atoms with Crippen molar-refractivity contribution in [2.75, 3.05) is 0 Å². The molecule has 1 aliphatic rings. The topological polar surface area (TPSA) is 17.1 Å². The minimum absolute atomic E-state index is 0.0969. The molecule has 1 rings (SSSR count). The molecule has 88 valence electrons. The molecule has 1 heteroatoms. The van der Waals surface area contributed by atoms with E-state index in [0.717, 1.165) is 25.2 Å². The highest BCUT2D eigenvalue weighted by Crippen LogP contribution is 2.36. The van der Waals surface area contributed by atoms with Crippen LogP contribution in [-0.4, -0.2) is 5.78 Å². The number of Topliss-reactive ketones (excluding diaryl/α,β-unsaturated/α-hetero) is 1. The Balaban J connectivity index is 2.60. The summed E-state index contributed by atoms with van der Waals surface area (Å²) in [7, 11) is 0. The molecule has 0 spiro atoms. The lowest BCUT2D eigenvalue weighted by Crippen LogP contribution is -2.33. The molecule has 0 aliphatic heterocycles. The molecular weight excluding hydrogens is 184 g/mol. The van der Waals surface area contributed by atoms with Crippen LogP contribution in [0.3, 0.4) is 0 Å². The Morgan fingerprint density at radius 1 is 1.27 bits per heavy atom. The number of carbonyl (C=O) groups is 1. The molecule has 0 amide bonds. The van der Waals surface area contributed by atoms with Gasteiger partial charge in [-0.15, -0.1) is 0 Å². The van der Waals surface area contributed by atoms with E-state index < -0.39 is 0 Å². The van der Waals surface area contributed by atoms with E-state index in [4.69, 9.17) is 0 Å². The van der Waals surface area contributed by atoms with Crippen LogP contribution in [0.1, 0.15) is 66.2 Å². The third kappa shape index (κ3) is 3.06. The standard InChI is InChI=1S/C14H26O/c1-5-11-8-7-9-12(10-11)13(15)14(3,4)6-2/h11-12H,5-10H2,1-4H3. The van der Waals surface area contributed by atoms with Gasteiger partial charge in [-0.2, -0.15) is 0 Å². The van der Waals surface area contributed by atoms with Gasteiger partial charge < -0.3 is 0 Å². The predicted octanol–water partition coefficient (Wildman–Crippen LogP) is 4.21. The Hall–Kier alpha value is -0.330. The summed E-state index contributed by atoms with van der Waals surface area (Å²) < 4.78 is 0. The summed E-state index contributed by atoms with van der Waals surface area (Å²) in [5, 5.41) is 0. The van der Waals surface area contributed by atoms with Gasteiger partial charge in [-0.3, -0.25) is 4.79 Å². The molecule has 2 atom stereocenters. The van der Waals surface area contributed by atoms with Crippen LogP contribution in [0.4, 0.5) is 0 Å². The van der Waals surface area contributed by atoms with Crippen molar-refractivity contribution in [2.24, 2.45) is 17.3 Å². The molecule has 0 aromatic rings. The molecule has 1 nitrogen and oxygen atoms in total. The summed E-state index contributed by atoms with van der Waals surface area (Å²) in [4.78, 5) is 12.3. The first-order valence-electron chi connectivity index (χ1n) is 6.55. The average molecular weight is 210 g/mol. The zero-order valence-corrected chi connectivity index (χ0v) is 10.8. The van der Waals surface area contributed by atoms with E-state index in [9.17, 15) is 4.79 Å². The van der Waals surface area contributed by atoms with Crippen molar-refractivity contribution in [2.45, 2.75) is 66.2 Å². The minimum Gasteiger partial charge on any atom is -0.299 e. The number of hydrogen-bond acceptors (Lipinski definition) is 1. The average Bonchev–Trinajstić information content (AvgIpc) is 2.28. The van der Waals surface area contributed by atoms with Crippen LogP contribution in [0.2, 0.25) is 0 Å². The maximum atomic E-state index is 12.3. The predicted molar refractivity (Wildman–Crippen MR) is 64.8 cm³/mol. The second-order valence-electron chi connectivity index (χ2n) is 5.74. The van der Waals surface area contributed by atoms with Crippen molar-refractivity contribution >= 4 is 5.78 Å². The van der Waals surface area contributed by atoms with Gasteiger partial charge in [0.2, 0.25) is 0 Å². The van der Waals surface area contributed by atoms with Crippen molar-refractivity contribution in [1.82, 2.24) is 0 Å². The molecule has 1 aliphatic carbocycles. The van der Waals surface area contributed by atoms with Crippen LogP contribution in [-0.2, 0) is 4.79 Å². The van der Waals surface area contributed by atoms with Gasteiger partial charge >= 0.3 is 0 Å². The maximum Gasteiger partial charge on any atom is 0.141 e. The van der Waals surface area contributed by atoms with Gasteiger partial charge in [0.1, 0.15) is 5.78 Å². The van der Waals surface area contributed by atoms with Gasteiger partial charge in [-0.05, 0) is 25.2 Å². The summed E-state index contributed by atoms with van der Waals surface area (Å²) >= 11 is 0. The molecule has 0 aromatic heterocycles. The molecule has 0 aromatic carbocycles. The fourth-order valence-electron chi connectivity index (χ4n) is 2.63. The molecule has 1 saturated carbocycles. The van der Waals surface area contributed by atoms with Crippen LogP contribution in [0.25, 0.3) is 0 Å². The zero-order chi connectivity index (χ0) is 11.5. The highest BCUT2D eigenvalue weighted by atomic mass is 16.1. The van der Waals surface area contributed by atoms with Crippen molar-refractivity contribution in [3.63, 3.8) is 0 Å². The van der Waals surface area contributed by atoms with Crippen LogP contribution in [0.5, 0.6) is 0 Å². The largest absolute Gasteiger partial charge is 0.299 e. The van der Waals surface area contributed by atoms with Crippen LogP contribution in [0.15, 0.2) is 0 Å². The van der Waals surface area contributed by atoms with E-state index in [1.165, 1.54) is 19.3 Å². The molecule has 15 heavy (non-hydrogen) atoms. The Bertz CT molecular complexity index is 217. The van der Waals surface area contributed by atoms with Crippen LogP contribution in [0, 0.1) is 17.3 Å². The molecule has 0 radical (unpaired) electrons. The molecule has 1 fully saturated rings. The zero-order valence-electron chi connectivity index (χ0n) is 10.8. The highest BCUT2D eigenvalue weighted by molar-refractivity contribution is 5.86. The van der Waals surface area contributed by atoms with E-state index in [1.54, 1.807) is 0 Å². The van der Waals surface area contributed by atoms with E-state index in [-0.39, 0.29) is 5.41 Å². The summed E-state index contributed by atoms with van der Waals surface area (Å²) in [6.07, 6.45) is 7.11. The van der Waals surface area contributed by atoms with E-state index in [2.05, 4.69) is 27.7 Å². The summed E-state index contributed by atoms with van der Waals surface area (Å²) in [6.45, 7) is 8.58. The maximum absolute atomic E-state index is 12.3. The second-order valence-corrected chi connectivity index (χ2v) is 5.74. The van der Waals surface area contributed by atoms with E-state index >= 15 is 0 Å². The number of hydrogen-bond donors (Lipinski definition) is 0. The Kier molecular flexibility index (Phi) is 4.36. The van der Waals surface area contributed by atoms with Gasteiger partial charge in [-0.1, -0.05) is 47.0 Å². The Labute approximate surface area is 94.6 Å². The van der Waals surface area contributed by atoms with Gasteiger partial charge in [0.15, 0.2) is 0 Å². The highest BCUT2D eigenvalue weighted by Gasteiger charge is 2.34. The van der Waals surface area contributed by atoms with Crippen molar-refractivity contribution in [3.8, 4) is 0 Å². The molecule has 2 unspecified atom stereocenters. The fourth-order valence-corrected chi connectivity index (χ4v) is 2.63. The summed E-state index contributed by atoms with van der Waals surface area (Å²) in [5.74, 6) is 1.68. The van der Waals surface area contributed by atoms with E-state index in [1.807, 2.05) is 0 Å². The smallest absolute Gasteiger partial charge is 0.141 e. The van der Waals surface area contributed by atoms with E-state index in [0.29, 0.717) is 11.7 Å². The first-order valence-corrected chi connectivity index (χ1v) is 6.55. The monoisotopic (exact) mass is 210 g/mol. The van der Waals surface area contributed by atoms with Gasteiger partial charge in [-0.25, -0.2) is 0 Å². The normalized spacial score (nSPS) is 27.7. The molecule has 0 saturated heterocycles. The SMILES string of the molecule is CCC1CCCC(C(=O)C(C)(C)CC)C1. The third-order valence-corrected chi connectivity index (χ3v) is 4.28. The lowest BCUT2D eigenvalue weighted by atomic mass is 9.71. The first-order chi connectivity index (χ1) is 7.01. The van der Waals surface area contributed by atoms with Gasteiger partial charge in [0.25, 0.3) is 0 Å². The summed E-state index contributed by atoms with van der Waals surface area (Å²) in [6, 6.07) is 0. The molecular formula is C14H26O. The Morgan fingerprint density at radius 2 is 1.93 bits per heavy atom. The number of rotatable bonds is 4. The fraction of sp³-hybridized carbons (Fsp3) is 0.929. The van der Waals surface area contributed by atoms with Gasteiger partial charge in [0.05, 0.1) is 0 Å². The van der Waals surface area contributed by atoms with Crippen LogP contribution < -0.4 is 0 Å².